The minimum atomic E-state index is -0.101. The van der Waals surface area contributed by atoms with Gasteiger partial charge in [-0.3, -0.25) is 9.59 Å². The molecule has 1 atom stereocenters. The zero-order valence-corrected chi connectivity index (χ0v) is 14.8. The van der Waals surface area contributed by atoms with Crippen LogP contribution in [0.4, 0.5) is 0 Å². The SMILES string of the molecule is Cc1c(C(=O)N(C)[C@@H](C)CC(C)C)sc2ncn(C)c(=O)c12. The van der Waals surface area contributed by atoms with Crippen molar-refractivity contribution < 1.29 is 4.79 Å². The Morgan fingerprint density at radius 1 is 1.41 bits per heavy atom. The molecule has 0 bridgehead atoms. The largest absolute Gasteiger partial charge is 0.338 e. The first-order chi connectivity index (χ1) is 10.2. The van der Waals surface area contributed by atoms with Crippen LogP contribution in [0.25, 0.3) is 10.2 Å². The minimum absolute atomic E-state index is 0.0318. The van der Waals surface area contributed by atoms with E-state index < -0.39 is 0 Å². The van der Waals surface area contributed by atoms with Crippen LogP contribution >= 0.6 is 11.3 Å². The van der Waals surface area contributed by atoms with E-state index in [2.05, 4.69) is 25.8 Å². The van der Waals surface area contributed by atoms with Gasteiger partial charge in [0, 0.05) is 20.1 Å². The zero-order chi connectivity index (χ0) is 16.6. The molecule has 0 saturated heterocycles. The van der Waals surface area contributed by atoms with Gasteiger partial charge in [0.2, 0.25) is 0 Å². The fourth-order valence-corrected chi connectivity index (χ4v) is 3.74. The van der Waals surface area contributed by atoms with E-state index in [1.807, 2.05) is 14.0 Å². The van der Waals surface area contributed by atoms with Crippen LogP contribution in [0.2, 0.25) is 0 Å². The molecule has 2 rings (SSSR count). The monoisotopic (exact) mass is 321 g/mol. The summed E-state index contributed by atoms with van der Waals surface area (Å²) in [7, 11) is 3.49. The van der Waals surface area contributed by atoms with Crippen LogP contribution in [0.5, 0.6) is 0 Å². The third-order valence-corrected chi connectivity index (χ3v) is 5.19. The molecule has 0 aliphatic heterocycles. The predicted octanol–water partition coefficient (Wildman–Crippen LogP) is 2.81. The number of aryl methyl sites for hydroxylation is 2. The quantitative estimate of drug-likeness (QED) is 0.870. The molecule has 0 aliphatic carbocycles. The highest BCUT2D eigenvalue weighted by molar-refractivity contribution is 7.20. The summed E-state index contributed by atoms with van der Waals surface area (Å²) in [6.07, 6.45) is 2.45. The fourth-order valence-electron chi connectivity index (χ4n) is 2.61. The van der Waals surface area contributed by atoms with Gasteiger partial charge in [-0.1, -0.05) is 13.8 Å². The number of nitrogens with zero attached hydrogens (tertiary/aromatic N) is 3. The molecule has 0 N–H and O–H groups in total. The number of amides is 1. The standard InChI is InChI=1S/C16H23N3O2S/c1-9(2)7-10(3)19(6)16(21)13-11(4)12-14(22-13)17-8-18(5)15(12)20/h8-10H,7H2,1-6H3/t10-/m0/s1. The lowest BCUT2D eigenvalue weighted by Crippen LogP contribution is -2.35. The van der Waals surface area contributed by atoms with E-state index in [1.54, 1.807) is 11.9 Å². The van der Waals surface area contributed by atoms with Crippen molar-refractivity contribution in [3.63, 3.8) is 0 Å². The van der Waals surface area contributed by atoms with Crippen molar-refractivity contribution in [3.05, 3.63) is 27.1 Å². The molecule has 0 aliphatic rings. The normalized spacial score (nSPS) is 12.9. The van der Waals surface area contributed by atoms with Gasteiger partial charge in [0.15, 0.2) is 0 Å². The van der Waals surface area contributed by atoms with Gasteiger partial charge in [0.05, 0.1) is 16.6 Å². The molecule has 0 radical (unpaired) electrons. The Hall–Kier alpha value is -1.69. The van der Waals surface area contributed by atoms with Gasteiger partial charge in [-0.05, 0) is 31.7 Å². The van der Waals surface area contributed by atoms with Crippen molar-refractivity contribution in [1.82, 2.24) is 14.5 Å². The van der Waals surface area contributed by atoms with Gasteiger partial charge in [-0.25, -0.2) is 4.98 Å². The van der Waals surface area contributed by atoms with Gasteiger partial charge < -0.3 is 9.47 Å². The Morgan fingerprint density at radius 3 is 2.64 bits per heavy atom. The van der Waals surface area contributed by atoms with E-state index >= 15 is 0 Å². The van der Waals surface area contributed by atoms with E-state index in [0.29, 0.717) is 21.0 Å². The van der Waals surface area contributed by atoms with Gasteiger partial charge in [0.25, 0.3) is 11.5 Å². The van der Waals surface area contributed by atoms with Crippen LogP contribution in [-0.4, -0.2) is 33.4 Å². The number of hydrogen-bond acceptors (Lipinski definition) is 4. The van der Waals surface area contributed by atoms with Crippen molar-refractivity contribution >= 4 is 27.5 Å². The topological polar surface area (TPSA) is 55.2 Å². The summed E-state index contributed by atoms with van der Waals surface area (Å²) < 4.78 is 1.45. The summed E-state index contributed by atoms with van der Waals surface area (Å²) in [6, 6.07) is 0.160. The molecule has 5 nitrogen and oxygen atoms in total. The molecular weight excluding hydrogens is 298 g/mol. The summed E-state index contributed by atoms with van der Waals surface area (Å²) in [5.74, 6) is 0.499. The lowest BCUT2D eigenvalue weighted by Gasteiger charge is -2.26. The molecule has 6 heteroatoms. The highest BCUT2D eigenvalue weighted by Crippen LogP contribution is 2.28. The van der Waals surface area contributed by atoms with Crippen LogP contribution in [0.1, 0.15) is 42.4 Å². The van der Waals surface area contributed by atoms with E-state index in [1.165, 1.54) is 22.2 Å². The molecule has 2 heterocycles. The molecule has 1 amide bonds. The van der Waals surface area contributed by atoms with E-state index in [4.69, 9.17) is 0 Å². The summed E-state index contributed by atoms with van der Waals surface area (Å²) in [5.41, 5.74) is 0.637. The molecular formula is C16H23N3O2S. The van der Waals surface area contributed by atoms with Gasteiger partial charge >= 0.3 is 0 Å². The van der Waals surface area contributed by atoms with Crippen molar-refractivity contribution in [3.8, 4) is 0 Å². The van der Waals surface area contributed by atoms with E-state index in [-0.39, 0.29) is 17.5 Å². The lowest BCUT2D eigenvalue weighted by atomic mass is 10.0. The predicted molar refractivity (Wildman–Crippen MR) is 90.6 cm³/mol. The zero-order valence-electron chi connectivity index (χ0n) is 14.0. The fraction of sp³-hybridized carbons (Fsp3) is 0.562. The Labute approximate surface area is 134 Å². The lowest BCUT2D eigenvalue weighted by molar-refractivity contribution is 0.0732. The highest BCUT2D eigenvalue weighted by atomic mass is 32.1. The maximum Gasteiger partial charge on any atom is 0.264 e. The third kappa shape index (κ3) is 2.92. The van der Waals surface area contributed by atoms with Crippen molar-refractivity contribution in [2.24, 2.45) is 13.0 Å². The van der Waals surface area contributed by atoms with Crippen LogP contribution in [0.3, 0.4) is 0 Å². The van der Waals surface area contributed by atoms with Crippen molar-refractivity contribution in [2.45, 2.75) is 40.2 Å². The summed E-state index contributed by atoms with van der Waals surface area (Å²) in [5, 5.41) is 0.559. The number of fused-ring (bicyclic) bond motifs is 1. The second-order valence-corrected chi connectivity index (χ2v) is 7.29. The molecule has 22 heavy (non-hydrogen) atoms. The third-order valence-electron chi connectivity index (χ3n) is 4.00. The number of rotatable bonds is 4. The maximum absolute atomic E-state index is 12.8. The first-order valence-corrected chi connectivity index (χ1v) is 8.27. The van der Waals surface area contributed by atoms with Crippen LogP contribution in [0, 0.1) is 12.8 Å². The Balaban J connectivity index is 2.43. The number of hydrogen-bond donors (Lipinski definition) is 0. The Kier molecular flexibility index (Phi) is 4.70. The molecule has 0 unspecified atom stereocenters. The van der Waals surface area contributed by atoms with Gasteiger partial charge in [-0.15, -0.1) is 11.3 Å². The summed E-state index contributed by atoms with van der Waals surface area (Å²) in [6.45, 7) is 8.17. The molecule has 2 aromatic heterocycles. The highest BCUT2D eigenvalue weighted by Gasteiger charge is 2.24. The maximum atomic E-state index is 12.8. The summed E-state index contributed by atoms with van der Waals surface area (Å²) >= 11 is 1.30. The Bertz CT molecular complexity index is 761. The first kappa shape index (κ1) is 16.7. The Morgan fingerprint density at radius 2 is 2.05 bits per heavy atom. The smallest absolute Gasteiger partial charge is 0.264 e. The van der Waals surface area contributed by atoms with E-state index in [9.17, 15) is 9.59 Å². The molecule has 0 spiro atoms. The number of aromatic nitrogens is 2. The summed E-state index contributed by atoms with van der Waals surface area (Å²) in [4.78, 5) is 32.3. The molecule has 0 fully saturated rings. The molecule has 2 aromatic rings. The average molecular weight is 321 g/mol. The molecule has 0 saturated carbocycles. The van der Waals surface area contributed by atoms with Crippen molar-refractivity contribution in [2.75, 3.05) is 7.05 Å². The van der Waals surface area contributed by atoms with Gasteiger partial charge in [-0.2, -0.15) is 0 Å². The molecule has 120 valence electrons. The first-order valence-electron chi connectivity index (χ1n) is 7.45. The average Bonchev–Trinajstić information content (AvgIpc) is 2.78. The minimum Gasteiger partial charge on any atom is -0.338 e. The van der Waals surface area contributed by atoms with Gasteiger partial charge in [0.1, 0.15) is 4.83 Å². The van der Waals surface area contributed by atoms with Crippen molar-refractivity contribution in [1.29, 1.82) is 0 Å². The number of carbonyl (C=O) groups excluding carboxylic acids is 1. The van der Waals surface area contributed by atoms with Crippen LogP contribution < -0.4 is 5.56 Å². The van der Waals surface area contributed by atoms with E-state index in [0.717, 1.165) is 12.0 Å². The van der Waals surface area contributed by atoms with Crippen LogP contribution in [0.15, 0.2) is 11.1 Å². The second kappa shape index (κ2) is 6.20. The molecule has 0 aromatic carbocycles. The second-order valence-electron chi connectivity index (χ2n) is 6.29. The number of thiophene rings is 1. The van der Waals surface area contributed by atoms with Crippen LogP contribution in [-0.2, 0) is 7.05 Å². The number of carbonyl (C=O) groups is 1.